The fourth-order valence-electron chi connectivity index (χ4n) is 1.95. The molecule has 1 fully saturated rings. The van der Waals surface area contributed by atoms with E-state index in [2.05, 4.69) is 11.2 Å². The Morgan fingerprint density at radius 1 is 1.60 bits per heavy atom. The highest BCUT2D eigenvalue weighted by Crippen LogP contribution is 2.09. The van der Waals surface area contributed by atoms with Crippen molar-refractivity contribution in [2.75, 3.05) is 19.6 Å². The molecule has 0 radical (unpaired) electrons. The molecule has 0 saturated carbocycles. The standard InChI is InChI=1S/C12H20N2O/c1-3-7-12(15)14(4-2)10-11-8-5-6-9-13-11/h1,11,13H,4-10H2,2H3. The molecule has 0 aromatic rings. The van der Waals surface area contributed by atoms with Crippen molar-refractivity contribution in [1.82, 2.24) is 10.2 Å². The van der Waals surface area contributed by atoms with E-state index >= 15 is 0 Å². The van der Waals surface area contributed by atoms with Crippen LogP contribution in [0.15, 0.2) is 0 Å². The smallest absolute Gasteiger partial charge is 0.234 e. The van der Waals surface area contributed by atoms with E-state index in [0.717, 1.165) is 19.6 Å². The van der Waals surface area contributed by atoms with Gasteiger partial charge in [0.25, 0.3) is 0 Å². The van der Waals surface area contributed by atoms with Crippen molar-refractivity contribution in [2.45, 2.75) is 38.6 Å². The molecule has 84 valence electrons. The highest BCUT2D eigenvalue weighted by atomic mass is 16.2. The van der Waals surface area contributed by atoms with Crippen LogP contribution < -0.4 is 5.32 Å². The monoisotopic (exact) mass is 208 g/mol. The molecule has 0 aromatic heterocycles. The molecule has 1 unspecified atom stereocenters. The largest absolute Gasteiger partial charge is 0.341 e. The van der Waals surface area contributed by atoms with E-state index in [4.69, 9.17) is 6.42 Å². The predicted molar refractivity (Wildman–Crippen MR) is 61.3 cm³/mol. The molecule has 1 aliphatic rings. The van der Waals surface area contributed by atoms with Crippen LogP contribution in [0.2, 0.25) is 0 Å². The van der Waals surface area contributed by atoms with Gasteiger partial charge in [-0.15, -0.1) is 6.42 Å². The number of piperidine rings is 1. The number of rotatable bonds is 4. The van der Waals surface area contributed by atoms with E-state index in [1.165, 1.54) is 19.3 Å². The first kappa shape index (κ1) is 12.1. The zero-order valence-corrected chi connectivity index (χ0v) is 9.46. The maximum atomic E-state index is 11.6. The van der Waals surface area contributed by atoms with Gasteiger partial charge in [0.05, 0.1) is 6.42 Å². The zero-order chi connectivity index (χ0) is 11.1. The van der Waals surface area contributed by atoms with Gasteiger partial charge in [-0.25, -0.2) is 0 Å². The van der Waals surface area contributed by atoms with Gasteiger partial charge in [-0.3, -0.25) is 4.79 Å². The van der Waals surface area contributed by atoms with E-state index in [-0.39, 0.29) is 12.3 Å². The number of carbonyl (C=O) groups excluding carboxylic acids is 1. The first-order chi connectivity index (χ1) is 7.27. The predicted octanol–water partition coefficient (Wildman–Crippen LogP) is 1.00. The molecule has 15 heavy (non-hydrogen) atoms. The van der Waals surface area contributed by atoms with E-state index in [1.807, 2.05) is 11.8 Å². The van der Waals surface area contributed by atoms with Crippen molar-refractivity contribution < 1.29 is 4.79 Å². The highest BCUT2D eigenvalue weighted by molar-refractivity contribution is 5.78. The van der Waals surface area contributed by atoms with Crippen LogP contribution in [0.5, 0.6) is 0 Å². The fourth-order valence-corrected chi connectivity index (χ4v) is 1.95. The summed E-state index contributed by atoms with van der Waals surface area (Å²) in [5.74, 6) is 2.48. The average molecular weight is 208 g/mol. The number of likely N-dealkylation sites (N-methyl/N-ethyl adjacent to an activating group) is 1. The van der Waals surface area contributed by atoms with Crippen LogP contribution in [-0.4, -0.2) is 36.5 Å². The summed E-state index contributed by atoms with van der Waals surface area (Å²) in [5, 5.41) is 3.44. The van der Waals surface area contributed by atoms with Crippen LogP contribution in [0.4, 0.5) is 0 Å². The Labute approximate surface area is 92.2 Å². The summed E-state index contributed by atoms with van der Waals surface area (Å²) in [5.41, 5.74) is 0. The number of carbonyl (C=O) groups is 1. The molecule has 0 spiro atoms. The highest BCUT2D eigenvalue weighted by Gasteiger charge is 2.18. The first-order valence-electron chi connectivity index (χ1n) is 5.72. The Hall–Kier alpha value is -1.01. The Morgan fingerprint density at radius 3 is 2.93 bits per heavy atom. The topological polar surface area (TPSA) is 32.3 Å². The lowest BCUT2D eigenvalue weighted by atomic mass is 10.0. The molecule has 3 heteroatoms. The van der Waals surface area contributed by atoms with Gasteiger partial charge in [0.15, 0.2) is 0 Å². The third-order valence-electron chi connectivity index (χ3n) is 2.84. The second-order valence-corrected chi connectivity index (χ2v) is 3.96. The molecule has 0 aromatic carbocycles. The maximum Gasteiger partial charge on any atom is 0.234 e. The third kappa shape index (κ3) is 3.93. The molecular formula is C12H20N2O. The second-order valence-electron chi connectivity index (χ2n) is 3.96. The van der Waals surface area contributed by atoms with Crippen LogP contribution in [0.1, 0.15) is 32.6 Å². The molecule has 1 heterocycles. The van der Waals surface area contributed by atoms with Gasteiger partial charge in [-0.2, -0.15) is 0 Å². The van der Waals surface area contributed by atoms with E-state index in [1.54, 1.807) is 0 Å². The van der Waals surface area contributed by atoms with Gasteiger partial charge in [-0.05, 0) is 26.3 Å². The Morgan fingerprint density at radius 2 is 2.40 bits per heavy atom. The summed E-state index contributed by atoms with van der Waals surface area (Å²) < 4.78 is 0. The summed E-state index contributed by atoms with van der Waals surface area (Å²) in [6.45, 7) is 4.62. The molecule has 3 nitrogen and oxygen atoms in total. The van der Waals surface area contributed by atoms with Gasteiger partial charge in [0.1, 0.15) is 0 Å². The third-order valence-corrected chi connectivity index (χ3v) is 2.84. The van der Waals surface area contributed by atoms with Crippen molar-refractivity contribution in [1.29, 1.82) is 0 Å². The minimum absolute atomic E-state index is 0.0763. The quantitative estimate of drug-likeness (QED) is 0.699. The van der Waals surface area contributed by atoms with Crippen molar-refractivity contribution in [3.63, 3.8) is 0 Å². The molecule has 0 aliphatic carbocycles. The Balaban J connectivity index is 2.38. The molecule has 1 atom stereocenters. The van der Waals surface area contributed by atoms with Crippen molar-refractivity contribution in [2.24, 2.45) is 0 Å². The van der Waals surface area contributed by atoms with Crippen LogP contribution >= 0.6 is 0 Å². The number of nitrogens with one attached hydrogen (secondary N) is 1. The van der Waals surface area contributed by atoms with Gasteiger partial charge >= 0.3 is 0 Å². The van der Waals surface area contributed by atoms with Crippen LogP contribution in [0.3, 0.4) is 0 Å². The summed E-state index contributed by atoms with van der Waals surface area (Å²) in [4.78, 5) is 13.5. The number of amides is 1. The SMILES string of the molecule is C#CCC(=O)N(CC)CC1CCCCN1. The molecule has 1 aliphatic heterocycles. The second kappa shape index (κ2) is 6.47. The van der Waals surface area contributed by atoms with Crippen molar-refractivity contribution in [3.8, 4) is 12.3 Å². The molecule has 1 N–H and O–H groups in total. The van der Waals surface area contributed by atoms with Crippen molar-refractivity contribution in [3.05, 3.63) is 0 Å². The summed E-state index contributed by atoms with van der Waals surface area (Å²) in [6, 6.07) is 0.459. The lowest BCUT2D eigenvalue weighted by Gasteiger charge is -2.29. The molecule has 0 bridgehead atoms. The summed E-state index contributed by atoms with van der Waals surface area (Å²) in [6.07, 6.45) is 9.04. The maximum absolute atomic E-state index is 11.6. The van der Waals surface area contributed by atoms with Crippen LogP contribution in [0.25, 0.3) is 0 Å². The average Bonchev–Trinajstić information content (AvgIpc) is 2.27. The molecular weight excluding hydrogens is 188 g/mol. The summed E-state index contributed by atoms with van der Waals surface area (Å²) >= 11 is 0. The van der Waals surface area contributed by atoms with E-state index < -0.39 is 0 Å². The zero-order valence-electron chi connectivity index (χ0n) is 9.46. The first-order valence-corrected chi connectivity index (χ1v) is 5.72. The Bertz CT molecular complexity index is 238. The lowest BCUT2D eigenvalue weighted by Crippen LogP contribution is -2.45. The number of hydrogen-bond donors (Lipinski definition) is 1. The van der Waals surface area contributed by atoms with Gasteiger partial charge in [0.2, 0.25) is 5.91 Å². The molecule has 1 saturated heterocycles. The van der Waals surface area contributed by atoms with Gasteiger partial charge < -0.3 is 10.2 Å². The number of nitrogens with zero attached hydrogens (tertiary/aromatic N) is 1. The minimum atomic E-state index is 0.0763. The van der Waals surface area contributed by atoms with E-state index in [0.29, 0.717) is 6.04 Å². The lowest BCUT2D eigenvalue weighted by molar-refractivity contribution is -0.130. The number of terminal acetylenes is 1. The minimum Gasteiger partial charge on any atom is -0.341 e. The Kier molecular flexibility index (Phi) is 5.20. The molecule has 1 rings (SSSR count). The van der Waals surface area contributed by atoms with Crippen molar-refractivity contribution >= 4 is 5.91 Å². The van der Waals surface area contributed by atoms with Gasteiger partial charge in [0, 0.05) is 19.1 Å². The normalized spacial score (nSPS) is 20.7. The van der Waals surface area contributed by atoms with Crippen LogP contribution in [0, 0.1) is 12.3 Å². The fraction of sp³-hybridized carbons (Fsp3) is 0.750. The van der Waals surface area contributed by atoms with Gasteiger partial charge in [-0.1, -0.05) is 12.3 Å². The molecule has 1 amide bonds. The number of hydrogen-bond acceptors (Lipinski definition) is 2. The van der Waals surface area contributed by atoms with E-state index in [9.17, 15) is 4.79 Å². The van der Waals surface area contributed by atoms with Crippen LogP contribution in [-0.2, 0) is 4.79 Å². The summed E-state index contributed by atoms with van der Waals surface area (Å²) in [7, 11) is 0.